The van der Waals surface area contributed by atoms with Gasteiger partial charge in [-0.15, -0.1) is 0 Å². The zero-order valence-corrected chi connectivity index (χ0v) is 18.7. The van der Waals surface area contributed by atoms with E-state index in [1.807, 2.05) is 27.9 Å². The number of hydrogen-bond acceptors (Lipinski definition) is 3. The number of urea groups is 1. The van der Waals surface area contributed by atoms with E-state index in [-0.39, 0.29) is 24.3 Å². The van der Waals surface area contributed by atoms with Crippen LogP contribution in [0.15, 0.2) is 48.5 Å². The Morgan fingerprint density at radius 1 is 1.00 bits per heavy atom. The topological polar surface area (TPSA) is 73.5 Å². The maximum Gasteiger partial charge on any atom is 0.315 e. The zero-order chi connectivity index (χ0) is 22.8. The Morgan fingerprint density at radius 3 is 2.23 bits per heavy atom. The van der Waals surface area contributed by atoms with Crippen LogP contribution >= 0.6 is 0 Å². The number of carbonyl (C=O) groups excluding carboxylic acids is 2. The fraction of sp³-hybridized carbons (Fsp3) is 0.417. The number of likely N-dealkylation sites (N-methyl/N-ethyl adjacent to an activating group) is 1. The monoisotopic (exact) mass is 428 g/mol. The van der Waals surface area contributed by atoms with Gasteiger partial charge in [-0.3, -0.25) is 4.79 Å². The number of nitrogens with one attached hydrogen (secondary N) is 3. The fourth-order valence-corrected chi connectivity index (χ4v) is 3.26. The third kappa shape index (κ3) is 8.02. The van der Waals surface area contributed by atoms with Crippen molar-refractivity contribution >= 4 is 11.9 Å². The summed E-state index contributed by atoms with van der Waals surface area (Å²) >= 11 is 0. The van der Waals surface area contributed by atoms with Gasteiger partial charge in [0.1, 0.15) is 11.9 Å². The maximum absolute atomic E-state index is 13.0. The number of nitrogens with zero attached hydrogens (tertiary/aromatic N) is 1. The molecular formula is C24H33FN4O2. The standard InChI is InChI=1S/C24H33FN4O2/c1-5-6-21(28-24(31)27-15-18-9-13-20(25)14-10-18)23(30)26-16-22(29(3)4)19-11-7-17(2)8-12-19/h7-14,21-22H,5-6,15-16H2,1-4H3,(H,26,30)(H2,27,28,31). The van der Waals surface area contributed by atoms with Gasteiger partial charge in [0, 0.05) is 13.1 Å². The molecule has 168 valence electrons. The van der Waals surface area contributed by atoms with Gasteiger partial charge in [0.15, 0.2) is 0 Å². The van der Waals surface area contributed by atoms with Crippen molar-refractivity contribution in [2.45, 2.75) is 45.3 Å². The number of halogens is 1. The summed E-state index contributed by atoms with van der Waals surface area (Å²) in [4.78, 5) is 27.1. The predicted octanol–water partition coefficient (Wildman–Crippen LogP) is 3.52. The molecule has 0 heterocycles. The van der Waals surface area contributed by atoms with Crippen LogP contribution in [0.1, 0.15) is 42.5 Å². The van der Waals surface area contributed by atoms with E-state index in [9.17, 15) is 14.0 Å². The van der Waals surface area contributed by atoms with Crippen molar-refractivity contribution in [2.24, 2.45) is 0 Å². The molecular weight excluding hydrogens is 395 g/mol. The molecule has 3 amide bonds. The first-order chi connectivity index (χ1) is 14.8. The smallest absolute Gasteiger partial charge is 0.315 e. The average Bonchev–Trinajstić information content (AvgIpc) is 2.74. The summed E-state index contributed by atoms with van der Waals surface area (Å²) in [5.41, 5.74) is 3.08. The summed E-state index contributed by atoms with van der Waals surface area (Å²) in [6.07, 6.45) is 1.29. The lowest BCUT2D eigenvalue weighted by molar-refractivity contribution is -0.123. The van der Waals surface area contributed by atoms with Gasteiger partial charge in [-0.05, 0) is 50.7 Å². The highest BCUT2D eigenvalue weighted by molar-refractivity contribution is 5.87. The van der Waals surface area contributed by atoms with E-state index >= 15 is 0 Å². The SMILES string of the molecule is CCCC(NC(=O)NCc1ccc(F)cc1)C(=O)NCC(c1ccc(C)cc1)N(C)C. The van der Waals surface area contributed by atoms with Crippen LogP contribution < -0.4 is 16.0 Å². The molecule has 0 radical (unpaired) electrons. The van der Waals surface area contributed by atoms with Gasteiger partial charge in [0.2, 0.25) is 5.91 Å². The molecule has 2 atom stereocenters. The molecule has 2 rings (SSSR count). The van der Waals surface area contributed by atoms with Crippen LogP contribution in [-0.2, 0) is 11.3 Å². The van der Waals surface area contributed by atoms with E-state index in [2.05, 4.69) is 45.1 Å². The average molecular weight is 429 g/mol. The van der Waals surface area contributed by atoms with Gasteiger partial charge in [-0.25, -0.2) is 9.18 Å². The lowest BCUT2D eigenvalue weighted by atomic mass is 10.0. The van der Waals surface area contributed by atoms with E-state index in [4.69, 9.17) is 0 Å². The highest BCUT2D eigenvalue weighted by Gasteiger charge is 2.22. The van der Waals surface area contributed by atoms with E-state index in [0.29, 0.717) is 13.0 Å². The summed E-state index contributed by atoms with van der Waals surface area (Å²) in [5, 5.41) is 8.45. The highest BCUT2D eigenvalue weighted by Crippen LogP contribution is 2.18. The first-order valence-electron chi connectivity index (χ1n) is 10.6. The lowest BCUT2D eigenvalue weighted by Gasteiger charge is -2.26. The quantitative estimate of drug-likeness (QED) is 0.542. The summed E-state index contributed by atoms with van der Waals surface area (Å²) < 4.78 is 13.0. The van der Waals surface area contributed by atoms with Crippen LogP contribution in [-0.4, -0.2) is 43.5 Å². The van der Waals surface area contributed by atoms with Gasteiger partial charge < -0.3 is 20.9 Å². The van der Waals surface area contributed by atoms with Crippen molar-refractivity contribution in [3.8, 4) is 0 Å². The number of rotatable bonds is 10. The number of carbonyl (C=O) groups is 2. The Bertz CT molecular complexity index is 838. The van der Waals surface area contributed by atoms with Gasteiger partial charge in [0.05, 0.1) is 6.04 Å². The van der Waals surface area contributed by atoms with Crippen molar-refractivity contribution in [3.05, 3.63) is 71.0 Å². The molecule has 3 N–H and O–H groups in total. The van der Waals surface area contributed by atoms with Crippen LogP contribution in [0.4, 0.5) is 9.18 Å². The van der Waals surface area contributed by atoms with E-state index in [0.717, 1.165) is 17.5 Å². The Morgan fingerprint density at radius 2 is 1.65 bits per heavy atom. The Labute approximate surface area is 184 Å². The van der Waals surface area contributed by atoms with E-state index in [1.165, 1.54) is 17.7 Å². The fourth-order valence-electron chi connectivity index (χ4n) is 3.26. The van der Waals surface area contributed by atoms with E-state index in [1.54, 1.807) is 12.1 Å². The second kappa shape index (κ2) is 12.1. The van der Waals surface area contributed by atoms with Crippen LogP contribution in [0.3, 0.4) is 0 Å². The zero-order valence-electron chi connectivity index (χ0n) is 18.7. The molecule has 0 fully saturated rings. The molecule has 0 spiro atoms. The molecule has 31 heavy (non-hydrogen) atoms. The van der Waals surface area contributed by atoms with Crippen molar-refractivity contribution in [1.29, 1.82) is 0 Å². The maximum atomic E-state index is 13.0. The molecule has 0 saturated heterocycles. The van der Waals surface area contributed by atoms with Crippen LogP contribution in [0, 0.1) is 12.7 Å². The Kier molecular flexibility index (Phi) is 9.46. The predicted molar refractivity (Wildman–Crippen MR) is 121 cm³/mol. The molecule has 0 saturated carbocycles. The number of benzene rings is 2. The Hall–Kier alpha value is -2.93. The van der Waals surface area contributed by atoms with Crippen molar-refractivity contribution in [3.63, 3.8) is 0 Å². The second-order valence-electron chi connectivity index (χ2n) is 7.93. The van der Waals surface area contributed by atoms with Gasteiger partial charge in [-0.2, -0.15) is 0 Å². The summed E-state index contributed by atoms with van der Waals surface area (Å²) in [6.45, 7) is 4.70. The van der Waals surface area contributed by atoms with Crippen LogP contribution in [0.25, 0.3) is 0 Å². The molecule has 0 aromatic heterocycles. The molecule has 7 heteroatoms. The largest absolute Gasteiger partial charge is 0.352 e. The molecule has 0 bridgehead atoms. The normalized spacial score (nSPS) is 12.8. The number of aryl methyl sites for hydroxylation is 1. The van der Waals surface area contributed by atoms with Crippen LogP contribution in [0.2, 0.25) is 0 Å². The molecule has 0 aliphatic heterocycles. The minimum absolute atomic E-state index is 0.0270. The minimum atomic E-state index is -0.626. The highest BCUT2D eigenvalue weighted by atomic mass is 19.1. The molecule has 0 aliphatic rings. The molecule has 2 unspecified atom stereocenters. The van der Waals surface area contributed by atoms with Crippen molar-refractivity contribution < 1.29 is 14.0 Å². The van der Waals surface area contributed by atoms with Gasteiger partial charge >= 0.3 is 6.03 Å². The number of hydrogen-bond donors (Lipinski definition) is 3. The third-order valence-electron chi connectivity index (χ3n) is 5.12. The van der Waals surface area contributed by atoms with Crippen molar-refractivity contribution in [2.75, 3.05) is 20.6 Å². The third-order valence-corrected chi connectivity index (χ3v) is 5.12. The van der Waals surface area contributed by atoms with E-state index < -0.39 is 12.1 Å². The molecule has 0 aliphatic carbocycles. The number of amides is 3. The Balaban J connectivity index is 1.91. The first-order valence-corrected chi connectivity index (χ1v) is 10.6. The van der Waals surface area contributed by atoms with Crippen LogP contribution in [0.5, 0.6) is 0 Å². The lowest BCUT2D eigenvalue weighted by Crippen LogP contribution is -2.50. The van der Waals surface area contributed by atoms with Crippen molar-refractivity contribution in [1.82, 2.24) is 20.9 Å². The molecule has 2 aromatic carbocycles. The summed E-state index contributed by atoms with van der Waals surface area (Å²) in [5.74, 6) is -0.535. The minimum Gasteiger partial charge on any atom is -0.352 e. The second-order valence-corrected chi connectivity index (χ2v) is 7.93. The summed E-state index contributed by atoms with van der Waals surface area (Å²) in [6, 6.07) is 13.1. The van der Waals surface area contributed by atoms with Gasteiger partial charge in [-0.1, -0.05) is 55.3 Å². The molecule has 2 aromatic rings. The van der Waals surface area contributed by atoms with Gasteiger partial charge in [0.25, 0.3) is 0 Å². The summed E-state index contributed by atoms with van der Waals surface area (Å²) in [7, 11) is 3.95. The molecule has 6 nitrogen and oxygen atoms in total. The first kappa shape index (κ1) is 24.3.